The number of nitrogens with one attached hydrogen (secondary N) is 3. The molecule has 24 heavy (non-hydrogen) atoms. The average Bonchev–Trinajstić information content (AvgIpc) is 2.72. The van der Waals surface area contributed by atoms with E-state index in [1.807, 2.05) is 6.07 Å². The summed E-state index contributed by atoms with van der Waals surface area (Å²) >= 11 is 0. The van der Waals surface area contributed by atoms with Gasteiger partial charge in [-0.3, -0.25) is 9.59 Å². The fourth-order valence-electron chi connectivity index (χ4n) is 3.18. The van der Waals surface area contributed by atoms with Crippen molar-refractivity contribution in [2.45, 2.75) is 12.8 Å². The molecular weight excluding hydrogens is 309 g/mol. The predicted molar refractivity (Wildman–Crippen MR) is 89.6 cm³/mol. The summed E-state index contributed by atoms with van der Waals surface area (Å²) in [6, 6.07) is 8.33. The van der Waals surface area contributed by atoms with E-state index in [1.165, 1.54) is 6.07 Å². The number of anilines is 2. The van der Waals surface area contributed by atoms with E-state index in [2.05, 4.69) is 16.0 Å². The molecule has 2 heterocycles. The van der Waals surface area contributed by atoms with Gasteiger partial charge in [-0.1, -0.05) is 6.07 Å². The van der Waals surface area contributed by atoms with Gasteiger partial charge in [0.25, 0.3) is 5.91 Å². The lowest BCUT2D eigenvalue weighted by molar-refractivity contribution is -0.115. The lowest BCUT2D eigenvalue weighted by Crippen LogP contribution is -2.28. The van der Waals surface area contributed by atoms with Crippen molar-refractivity contribution in [3.63, 3.8) is 0 Å². The standard InChI is InChI=1S/C18H16FN3O2/c19-14-8-15-11(2-1-5-20-15)6-13(14)10-3-4-12-16(7-10)22-17(23)9-21-18(12)24/h3-4,6-8,20H,1-2,5,9H2,(H,21,24)(H,22,23). The predicted octanol–water partition coefficient (Wildman–Crippen LogP) is 2.53. The third kappa shape index (κ3) is 2.50. The quantitative estimate of drug-likeness (QED) is 0.754. The first-order chi connectivity index (χ1) is 11.6. The van der Waals surface area contributed by atoms with Crippen molar-refractivity contribution in [1.82, 2.24) is 5.32 Å². The third-order valence-electron chi connectivity index (χ3n) is 4.39. The Balaban J connectivity index is 1.80. The SMILES string of the molecule is O=C1CNC(=O)c2ccc(-c3cc4c(cc3F)NCCC4)cc2N1. The molecule has 0 radical (unpaired) electrons. The molecule has 2 aromatic carbocycles. The first-order valence-electron chi connectivity index (χ1n) is 7.90. The molecular formula is C18H16FN3O2. The lowest BCUT2D eigenvalue weighted by atomic mass is 9.95. The second-order valence-electron chi connectivity index (χ2n) is 6.01. The Bertz CT molecular complexity index is 864. The van der Waals surface area contributed by atoms with Gasteiger partial charge in [0.2, 0.25) is 5.91 Å². The zero-order valence-corrected chi connectivity index (χ0v) is 12.9. The van der Waals surface area contributed by atoms with Crippen LogP contribution in [-0.4, -0.2) is 24.9 Å². The summed E-state index contributed by atoms with van der Waals surface area (Å²) in [5.74, 6) is -0.938. The minimum absolute atomic E-state index is 0.0677. The second kappa shape index (κ2) is 5.63. The molecule has 2 aliphatic heterocycles. The fraction of sp³-hybridized carbons (Fsp3) is 0.222. The Morgan fingerprint density at radius 1 is 0.958 bits per heavy atom. The molecule has 3 N–H and O–H groups in total. The first-order valence-corrected chi connectivity index (χ1v) is 7.90. The van der Waals surface area contributed by atoms with Gasteiger partial charge >= 0.3 is 0 Å². The minimum Gasteiger partial charge on any atom is -0.385 e. The van der Waals surface area contributed by atoms with Crippen LogP contribution in [0.15, 0.2) is 30.3 Å². The van der Waals surface area contributed by atoms with Gasteiger partial charge in [0.1, 0.15) is 5.82 Å². The van der Waals surface area contributed by atoms with E-state index in [-0.39, 0.29) is 24.2 Å². The number of rotatable bonds is 1. The molecule has 0 fully saturated rings. The molecule has 6 heteroatoms. The van der Waals surface area contributed by atoms with Crippen LogP contribution in [0.5, 0.6) is 0 Å². The van der Waals surface area contributed by atoms with Gasteiger partial charge in [0, 0.05) is 17.8 Å². The summed E-state index contributed by atoms with van der Waals surface area (Å²) in [7, 11) is 0. The van der Waals surface area contributed by atoms with Crippen molar-refractivity contribution >= 4 is 23.2 Å². The highest BCUT2D eigenvalue weighted by molar-refractivity contribution is 6.09. The van der Waals surface area contributed by atoms with Crippen molar-refractivity contribution in [2.75, 3.05) is 23.7 Å². The van der Waals surface area contributed by atoms with Crippen molar-refractivity contribution in [2.24, 2.45) is 0 Å². The molecule has 0 atom stereocenters. The van der Waals surface area contributed by atoms with Crippen molar-refractivity contribution in [3.8, 4) is 11.1 Å². The van der Waals surface area contributed by atoms with Gasteiger partial charge in [-0.15, -0.1) is 0 Å². The summed E-state index contributed by atoms with van der Waals surface area (Å²) in [5.41, 5.74) is 3.81. The largest absolute Gasteiger partial charge is 0.385 e. The third-order valence-corrected chi connectivity index (χ3v) is 4.39. The number of fused-ring (bicyclic) bond motifs is 2. The van der Waals surface area contributed by atoms with Crippen LogP contribution in [0, 0.1) is 5.82 Å². The van der Waals surface area contributed by atoms with Crippen molar-refractivity contribution in [3.05, 3.63) is 47.3 Å². The second-order valence-corrected chi connectivity index (χ2v) is 6.01. The van der Waals surface area contributed by atoms with Gasteiger partial charge in [0.15, 0.2) is 0 Å². The molecule has 0 unspecified atom stereocenters. The van der Waals surface area contributed by atoms with E-state index in [0.29, 0.717) is 22.4 Å². The van der Waals surface area contributed by atoms with Gasteiger partial charge in [-0.05, 0) is 48.2 Å². The summed E-state index contributed by atoms with van der Waals surface area (Å²) in [4.78, 5) is 23.7. The molecule has 2 aliphatic rings. The Labute approximate surface area is 138 Å². The Morgan fingerprint density at radius 3 is 2.71 bits per heavy atom. The summed E-state index contributed by atoms with van der Waals surface area (Å²) in [6.07, 6.45) is 1.91. The van der Waals surface area contributed by atoms with Crippen LogP contribution in [0.4, 0.5) is 15.8 Å². The summed E-state index contributed by atoms with van der Waals surface area (Å²) in [6.45, 7) is 0.785. The molecule has 2 aromatic rings. The van der Waals surface area contributed by atoms with Crippen molar-refractivity contribution < 1.29 is 14.0 Å². The Hall–Kier alpha value is -2.89. The highest BCUT2D eigenvalue weighted by Crippen LogP contribution is 2.33. The maximum absolute atomic E-state index is 14.5. The molecule has 2 amide bonds. The number of halogens is 1. The summed E-state index contributed by atoms with van der Waals surface area (Å²) < 4.78 is 14.5. The molecule has 4 rings (SSSR count). The molecule has 5 nitrogen and oxygen atoms in total. The summed E-state index contributed by atoms with van der Waals surface area (Å²) in [5, 5.41) is 8.42. The van der Waals surface area contributed by atoms with Gasteiger partial charge < -0.3 is 16.0 Å². The van der Waals surface area contributed by atoms with Crippen molar-refractivity contribution in [1.29, 1.82) is 0 Å². The monoisotopic (exact) mass is 325 g/mol. The Morgan fingerprint density at radius 2 is 1.83 bits per heavy atom. The van der Waals surface area contributed by atoms with Gasteiger partial charge in [-0.2, -0.15) is 0 Å². The van der Waals surface area contributed by atoms with E-state index < -0.39 is 0 Å². The number of hydrogen-bond donors (Lipinski definition) is 3. The van der Waals surface area contributed by atoms with E-state index in [9.17, 15) is 14.0 Å². The van der Waals surface area contributed by atoms with Crippen LogP contribution in [0.1, 0.15) is 22.3 Å². The number of aryl methyl sites for hydroxylation is 1. The van der Waals surface area contributed by atoms with Crippen LogP contribution in [0.3, 0.4) is 0 Å². The zero-order valence-electron chi connectivity index (χ0n) is 12.9. The smallest absolute Gasteiger partial charge is 0.253 e. The maximum Gasteiger partial charge on any atom is 0.253 e. The van der Waals surface area contributed by atoms with Crippen LogP contribution < -0.4 is 16.0 Å². The molecule has 0 saturated carbocycles. The fourth-order valence-corrected chi connectivity index (χ4v) is 3.18. The number of carbonyl (C=O) groups is 2. The highest BCUT2D eigenvalue weighted by atomic mass is 19.1. The van der Waals surface area contributed by atoms with Crippen LogP contribution in [-0.2, 0) is 11.2 Å². The van der Waals surface area contributed by atoms with Crippen LogP contribution >= 0.6 is 0 Å². The molecule has 0 saturated heterocycles. The lowest BCUT2D eigenvalue weighted by Gasteiger charge is -2.19. The van der Waals surface area contributed by atoms with Gasteiger partial charge in [-0.25, -0.2) is 4.39 Å². The minimum atomic E-state index is -0.326. The maximum atomic E-state index is 14.5. The van der Waals surface area contributed by atoms with Crippen LogP contribution in [0.2, 0.25) is 0 Å². The molecule has 0 bridgehead atoms. The highest BCUT2D eigenvalue weighted by Gasteiger charge is 2.21. The van der Waals surface area contributed by atoms with E-state index >= 15 is 0 Å². The van der Waals surface area contributed by atoms with E-state index in [4.69, 9.17) is 0 Å². The zero-order chi connectivity index (χ0) is 16.7. The first kappa shape index (κ1) is 14.7. The van der Waals surface area contributed by atoms with Crippen LogP contribution in [0.25, 0.3) is 11.1 Å². The average molecular weight is 325 g/mol. The molecule has 0 aliphatic carbocycles. The Kier molecular flexibility index (Phi) is 3.45. The van der Waals surface area contributed by atoms with E-state index in [0.717, 1.165) is 30.6 Å². The molecule has 0 spiro atoms. The number of benzene rings is 2. The number of hydrogen-bond acceptors (Lipinski definition) is 3. The molecule has 0 aromatic heterocycles. The topological polar surface area (TPSA) is 70.2 Å². The normalized spacial score (nSPS) is 16.2. The van der Waals surface area contributed by atoms with E-state index in [1.54, 1.807) is 18.2 Å². The number of amides is 2. The molecule has 122 valence electrons. The van der Waals surface area contributed by atoms with Gasteiger partial charge in [0.05, 0.1) is 17.8 Å². The number of carbonyl (C=O) groups excluding carboxylic acids is 2.